The van der Waals surface area contributed by atoms with Gasteiger partial charge < -0.3 is 14.8 Å². The van der Waals surface area contributed by atoms with E-state index in [1.54, 1.807) is 0 Å². The Labute approximate surface area is 187 Å². The third-order valence-corrected chi connectivity index (χ3v) is 4.92. The van der Waals surface area contributed by atoms with Gasteiger partial charge in [0.1, 0.15) is 17.8 Å². The van der Waals surface area contributed by atoms with E-state index in [1.165, 1.54) is 0 Å². The zero-order chi connectivity index (χ0) is 23.3. The molecule has 4 N–H and O–H groups in total. The Balaban J connectivity index is 2.04. The first-order valence-corrected chi connectivity index (χ1v) is 10.2. The Bertz CT molecular complexity index is 951. The minimum absolute atomic E-state index is 0.00805. The van der Waals surface area contributed by atoms with Crippen LogP contribution in [0.2, 0.25) is 0 Å². The summed E-state index contributed by atoms with van der Waals surface area (Å²) in [6, 6.07) is 7.80. The fourth-order valence-electron chi connectivity index (χ4n) is 2.63. The molecule has 5 nitrogen and oxygen atoms in total. The summed E-state index contributed by atoms with van der Waals surface area (Å²) in [7, 11) is 0. The van der Waals surface area contributed by atoms with Gasteiger partial charge in [0.15, 0.2) is 28.4 Å². The minimum atomic E-state index is -1.88. The number of nitrogens with one attached hydrogen (secondary N) is 2. The maximum atomic E-state index is 14.2. The topological polar surface area (TPSA) is 76.4 Å². The van der Waals surface area contributed by atoms with E-state index in [2.05, 4.69) is 35.6 Å². The molecule has 168 valence electrons. The van der Waals surface area contributed by atoms with Crippen molar-refractivity contribution in [2.45, 2.75) is 39.3 Å². The summed E-state index contributed by atoms with van der Waals surface area (Å²) in [6.45, 7) is 5.95. The number of hydrogen-bond donors (Lipinski definition) is 3. The Hall–Kier alpha value is -2.37. The molecule has 2 aromatic carbocycles. The molecule has 0 radical (unpaired) electrons. The van der Waals surface area contributed by atoms with Crippen LogP contribution >= 0.6 is 24.4 Å². The van der Waals surface area contributed by atoms with Crippen molar-refractivity contribution in [2.75, 3.05) is 0 Å². The van der Waals surface area contributed by atoms with Gasteiger partial charge in [-0.3, -0.25) is 0 Å². The summed E-state index contributed by atoms with van der Waals surface area (Å²) in [6.07, 6.45) is 0. The van der Waals surface area contributed by atoms with E-state index >= 15 is 0 Å². The van der Waals surface area contributed by atoms with Gasteiger partial charge in [-0.05, 0) is 28.8 Å². The predicted octanol–water partition coefficient (Wildman–Crippen LogP) is 4.38. The van der Waals surface area contributed by atoms with Gasteiger partial charge in [0.25, 0.3) is 0 Å². The van der Waals surface area contributed by atoms with Gasteiger partial charge in [-0.25, -0.2) is 27.5 Å². The Morgan fingerprint density at radius 1 is 1.00 bits per heavy atom. The van der Waals surface area contributed by atoms with Gasteiger partial charge in [0.05, 0.1) is 0 Å². The van der Waals surface area contributed by atoms with Crippen LogP contribution in [0.1, 0.15) is 47.8 Å². The first-order valence-electron chi connectivity index (χ1n) is 9.01. The van der Waals surface area contributed by atoms with Crippen molar-refractivity contribution in [3.8, 4) is 0 Å². The highest BCUT2D eigenvalue weighted by atomic mass is 32.2. The Kier molecular flexibility index (Phi) is 8.27. The van der Waals surface area contributed by atoms with Crippen LogP contribution in [0, 0.1) is 23.3 Å². The third-order valence-electron chi connectivity index (χ3n) is 4.38. The summed E-state index contributed by atoms with van der Waals surface area (Å²) >= 11 is 5.04. The lowest BCUT2D eigenvalue weighted by Gasteiger charge is -2.19. The molecule has 0 bridgehead atoms. The van der Waals surface area contributed by atoms with Crippen LogP contribution in [-0.4, -0.2) is 11.1 Å². The van der Waals surface area contributed by atoms with Gasteiger partial charge >= 0.3 is 5.97 Å². The lowest BCUT2D eigenvalue weighted by atomic mass is 9.87. The molecule has 0 unspecified atom stereocenters. The first kappa shape index (κ1) is 24.9. The van der Waals surface area contributed by atoms with E-state index in [1.807, 2.05) is 24.3 Å². The Morgan fingerprint density at radius 2 is 1.52 bits per heavy atom. The van der Waals surface area contributed by atoms with Gasteiger partial charge in [-0.15, -0.1) is 0 Å². The van der Waals surface area contributed by atoms with Crippen LogP contribution in [0.5, 0.6) is 0 Å². The average Bonchev–Trinajstić information content (AvgIpc) is 2.71. The predicted molar refractivity (Wildman–Crippen MR) is 115 cm³/mol. The zero-order valence-corrected chi connectivity index (χ0v) is 18.6. The monoisotopic (exact) mass is 475 g/mol. The maximum absolute atomic E-state index is 14.2. The lowest BCUT2D eigenvalue weighted by Crippen LogP contribution is -2.35. The van der Waals surface area contributed by atoms with Gasteiger partial charge in [-0.1, -0.05) is 45.0 Å². The van der Waals surface area contributed by atoms with Crippen molar-refractivity contribution in [1.29, 1.82) is 0 Å². The molecule has 0 aliphatic carbocycles. The summed E-state index contributed by atoms with van der Waals surface area (Å²) in [5.41, 5.74) is -0.380. The van der Waals surface area contributed by atoms with Crippen molar-refractivity contribution in [3.63, 3.8) is 0 Å². The maximum Gasteiger partial charge on any atom is 0.357 e. The van der Waals surface area contributed by atoms with Crippen molar-refractivity contribution in [1.82, 2.24) is 10.6 Å². The molecular weight excluding hydrogens is 454 g/mol. The molecule has 0 aliphatic rings. The molecule has 0 fully saturated rings. The highest BCUT2D eigenvalue weighted by molar-refractivity contribution is 7.92. The standard InChI is InChI=1S/C20H21F4N3O2S2/c1-20(2,3)11-6-4-10(5-7-11)8-26-19(30)27-9-12-14(21)16(23)13(17(24)15(12)22)18(28)29-31-25/h4-7H,8-9,25H2,1-3H3,(H2,26,27,30). The molecule has 0 spiro atoms. The van der Waals surface area contributed by atoms with Crippen molar-refractivity contribution in [3.05, 3.63) is 69.8 Å². The molecule has 0 saturated heterocycles. The van der Waals surface area contributed by atoms with Crippen molar-refractivity contribution in [2.24, 2.45) is 5.14 Å². The van der Waals surface area contributed by atoms with E-state index in [0.29, 0.717) is 6.54 Å². The normalized spacial score (nSPS) is 11.2. The molecule has 0 saturated carbocycles. The number of carbonyl (C=O) groups excluding carboxylic acids is 1. The van der Waals surface area contributed by atoms with Crippen LogP contribution < -0.4 is 15.8 Å². The molecule has 2 rings (SSSR count). The molecule has 2 aromatic rings. The van der Waals surface area contributed by atoms with E-state index in [9.17, 15) is 22.4 Å². The van der Waals surface area contributed by atoms with Crippen LogP contribution in [-0.2, 0) is 22.7 Å². The average molecular weight is 476 g/mol. The fourth-order valence-corrected chi connectivity index (χ4v) is 2.95. The molecule has 0 aliphatic heterocycles. The molecule has 31 heavy (non-hydrogen) atoms. The number of carbonyl (C=O) groups is 1. The smallest absolute Gasteiger partial charge is 0.357 e. The van der Waals surface area contributed by atoms with Crippen LogP contribution in [0.15, 0.2) is 24.3 Å². The minimum Gasteiger partial charge on any atom is -0.371 e. The molecule has 0 atom stereocenters. The van der Waals surface area contributed by atoms with E-state index in [-0.39, 0.29) is 22.8 Å². The number of thiocarbonyl (C=S) groups is 1. The van der Waals surface area contributed by atoms with E-state index in [4.69, 9.17) is 17.4 Å². The number of hydrogen-bond acceptors (Lipinski definition) is 5. The first-order chi connectivity index (χ1) is 14.5. The van der Waals surface area contributed by atoms with E-state index < -0.39 is 46.9 Å². The summed E-state index contributed by atoms with van der Waals surface area (Å²) < 4.78 is 60.7. The van der Waals surface area contributed by atoms with Gasteiger partial charge in [0, 0.05) is 18.7 Å². The van der Waals surface area contributed by atoms with Crippen LogP contribution in [0.3, 0.4) is 0 Å². The number of benzene rings is 2. The quantitative estimate of drug-likeness (QED) is 0.188. The van der Waals surface area contributed by atoms with E-state index in [0.717, 1.165) is 11.1 Å². The second kappa shape index (κ2) is 10.3. The fraction of sp³-hybridized carbons (Fsp3) is 0.300. The van der Waals surface area contributed by atoms with Crippen molar-refractivity contribution < 1.29 is 26.5 Å². The molecule has 11 heteroatoms. The largest absolute Gasteiger partial charge is 0.371 e. The number of rotatable bonds is 6. The Morgan fingerprint density at radius 3 is 2.00 bits per heavy atom. The van der Waals surface area contributed by atoms with Gasteiger partial charge in [0.2, 0.25) is 0 Å². The van der Waals surface area contributed by atoms with Crippen molar-refractivity contribution >= 4 is 35.5 Å². The van der Waals surface area contributed by atoms with Gasteiger partial charge in [-0.2, -0.15) is 0 Å². The second-order valence-corrected chi connectivity index (χ2v) is 8.33. The molecule has 0 aromatic heterocycles. The SMILES string of the molecule is CC(C)(C)c1ccc(CNC(=S)NCc2c(F)c(F)c(C(=O)OSN)c(F)c2F)cc1. The molecule has 0 heterocycles. The summed E-state index contributed by atoms with van der Waals surface area (Å²) in [5.74, 6) is -8.88. The summed E-state index contributed by atoms with van der Waals surface area (Å²) in [5, 5.41) is 10.2. The summed E-state index contributed by atoms with van der Waals surface area (Å²) in [4.78, 5) is 11.5. The van der Waals surface area contributed by atoms with Crippen LogP contribution in [0.4, 0.5) is 17.6 Å². The lowest BCUT2D eigenvalue weighted by molar-refractivity contribution is 0.0755. The number of nitrogens with two attached hydrogens (primary N) is 1. The van der Waals surface area contributed by atoms with Crippen LogP contribution in [0.25, 0.3) is 0 Å². The second-order valence-electron chi connectivity index (χ2n) is 7.56. The number of halogens is 4. The third kappa shape index (κ3) is 6.08. The highest BCUT2D eigenvalue weighted by Gasteiger charge is 2.30. The molecule has 0 amide bonds. The highest BCUT2D eigenvalue weighted by Crippen LogP contribution is 2.25. The zero-order valence-electron chi connectivity index (χ0n) is 16.9. The molecular formula is C20H21F4N3O2S2.